The van der Waals surface area contributed by atoms with Crippen LogP contribution in [0.4, 0.5) is 11.6 Å². The number of H-pyrrole nitrogens is 1. The van der Waals surface area contributed by atoms with Gasteiger partial charge in [-0.3, -0.25) is 0 Å². The van der Waals surface area contributed by atoms with Crippen LogP contribution >= 0.6 is 0 Å². The lowest BCUT2D eigenvalue weighted by molar-refractivity contribution is 0.572. The molecule has 0 spiro atoms. The molecule has 1 atom stereocenters. The molecular formula is C9H16N4O2S. The van der Waals surface area contributed by atoms with E-state index in [9.17, 15) is 8.42 Å². The van der Waals surface area contributed by atoms with E-state index < -0.39 is 15.4 Å². The Hall–Kier alpha value is -1.24. The first-order valence-corrected chi connectivity index (χ1v) is 6.93. The van der Waals surface area contributed by atoms with Crippen LogP contribution in [0.1, 0.15) is 19.2 Å². The van der Waals surface area contributed by atoms with E-state index in [1.165, 1.54) is 0 Å². The Morgan fingerprint density at radius 3 is 2.69 bits per heavy atom. The molecule has 16 heavy (non-hydrogen) atoms. The van der Waals surface area contributed by atoms with E-state index in [1.54, 1.807) is 6.92 Å². The van der Waals surface area contributed by atoms with Gasteiger partial charge in [-0.25, -0.2) is 13.4 Å². The van der Waals surface area contributed by atoms with Gasteiger partial charge in [0.15, 0.2) is 15.7 Å². The predicted octanol–water partition coefficient (Wildman–Crippen LogP) is 0.289. The van der Waals surface area contributed by atoms with E-state index in [0.717, 1.165) is 0 Å². The van der Waals surface area contributed by atoms with Crippen LogP contribution in [-0.2, 0) is 9.84 Å². The highest BCUT2D eigenvalue weighted by Gasteiger charge is 2.39. The normalized spacial score (nSPS) is 28.1. The minimum absolute atomic E-state index is 0.130. The van der Waals surface area contributed by atoms with E-state index in [2.05, 4.69) is 15.3 Å². The molecule has 0 aliphatic carbocycles. The lowest BCUT2D eigenvalue weighted by atomic mass is 10.0. The number of hydrogen-bond donors (Lipinski definition) is 3. The van der Waals surface area contributed by atoms with Gasteiger partial charge in [0.05, 0.1) is 17.0 Å². The number of nitrogens with one attached hydrogen (secondary N) is 2. The number of hydrogen-bond acceptors (Lipinski definition) is 5. The molecule has 1 unspecified atom stereocenters. The van der Waals surface area contributed by atoms with Crippen LogP contribution in [-0.4, -0.2) is 35.4 Å². The van der Waals surface area contributed by atoms with Gasteiger partial charge in [0.1, 0.15) is 11.6 Å². The third-order valence-electron chi connectivity index (χ3n) is 2.77. The summed E-state index contributed by atoms with van der Waals surface area (Å²) in [6, 6.07) is 0. The molecular weight excluding hydrogens is 228 g/mol. The zero-order chi connectivity index (χ0) is 12.0. The Labute approximate surface area is 94.6 Å². The summed E-state index contributed by atoms with van der Waals surface area (Å²) in [6.07, 6.45) is 0.584. The summed E-state index contributed by atoms with van der Waals surface area (Å²) < 4.78 is 22.9. The first-order chi connectivity index (χ1) is 7.30. The fourth-order valence-electron chi connectivity index (χ4n) is 2.00. The highest BCUT2D eigenvalue weighted by atomic mass is 32.2. The second-order valence-electron chi connectivity index (χ2n) is 4.61. The summed E-state index contributed by atoms with van der Waals surface area (Å²) in [4.78, 5) is 7.05. The highest BCUT2D eigenvalue weighted by Crippen LogP contribution is 2.28. The maximum atomic E-state index is 11.4. The van der Waals surface area contributed by atoms with Gasteiger partial charge in [-0.15, -0.1) is 0 Å². The topological polar surface area (TPSA) is 101 Å². The van der Waals surface area contributed by atoms with Crippen LogP contribution in [0.15, 0.2) is 0 Å². The number of anilines is 2. The van der Waals surface area contributed by atoms with Crippen molar-refractivity contribution in [2.45, 2.75) is 25.8 Å². The zero-order valence-corrected chi connectivity index (χ0v) is 10.2. The Balaban J connectivity index is 2.19. The summed E-state index contributed by atoms with van der Waals surface area (Å²) in [5, 5.41) is 3.12. The quantitative estimate of drug-likeness (QED) is 0.694. The lowest BCUT2D eigenvalue weighted by Gasteiger charge is -2.23. The van der Waals surface area contributed by atoms with Crippen molar-refractivity contribution in [3.05, 3.63) is 5.82 Å². The molecule has 0 radical (unpaired) electrons. The van der Waals surface area contributed by atoms with E-state index in [-0.39, 0.29) is 11.5 Å². The van der Waals surface area contributed by atoms with E-state index in [0.29, 0.717) is 23.9 Å². The zero-order valence-electron chi connectivity index (χ0n) is 9.37. The average molecular weight is 244 g/mol. The summed E-state index contributed by atoms with van der Waals surface area (Å²) in [6.45, 7) is 3.68. The summed E-state index contributed by atoms with van der Waals surface area (Å²) >= 11 is 0. The second kappa shape index (κ2) is 3.38. The third kappa shape index (κ3) is 2.13. The third-order valence-corrected chi connectivity index (χ3v) is 4.68. The molecule has 90 valence electrons. The molecule has 4 N–H and O–H groups in total. The molecule has 2 heterocycles. The van der Waals surface area contributed by atoms with Gasteiger partial charge in [0.25, 0.3) is 0 Å². The number of aromatic amines is 1. The molecule has 0 saturated carbocycles. The minimum atomic E-state index is -2.92. The maximum Gasteiger partial charge on any atom is 0.169 e. The number of sulfone groups is 1. The fourth-order valence-corrected chi connectivity index (χ4v) is 4.09. The number of nitrogens with two attached hydrogens (primary N) is 1. The molecule has 1 aliphatic rings. The average Bonchev–Trinajstić information content (AvgIpc) is 2.54. The Kier molecular flexibility index (Phi) is 2.37. The molecule has 1 fully saturated rings. The van der Waals surface area contributed by atoms with Gasteiger partial charge in [-0.05, 0) is 20.3 Å². The Morgan fingerprint density at radius 2 is 2.25 bits per heavy atom. The number of nitrogen functional groups attached to an aromatic ring is 1. The van der Waals surface area contributed by atoms with Gasteiger partial charge in [0.2, 0.25) is 0 Å². The summed E-state index contributed by atoms with van der Waals surface area (Å²) in [7, 11) is -2.92. The molecule has 7 heteroatoms. The number of rotatable bonds is 2. The SMILES string of the molecule is Cc1nc(NC2(C)CCS(=O)(=O)C2)c(N)[nH]1. The van der Waals surface area contributed by atoms with Crippen LogP contribution in [0.5, 0.6) is 0 Å². The van der Waals surface area contributed by atoms with Crippen LogP contribution in [0.3, 0.4) is 0 Å². The van der Waals surface area contributed by atoms with E-state index >= 15 is 0 Å². The number of imidazole rings is 1. The van der Waals surface area contributed by atoms with Crippen molar-refractivity contribution >= 4 is 21.5 Å². The summed E-state index contributed by atoms with van der Waals surface area (Å²) in [5.41, 5.74) is 5.25. The van der Waals surface area contributed by atoms with Gasteiger partial charge in [-0.1, -0.05) is 0 Å². The molecule has 2 rings (SSSR count). The van der Waals surface area contributed by atoms with Crippen LogP contribution < -0.4 is 11.1 Å². The molecule has 0 amide bonds. The molecule has 6 nitrogen and oxygen atoms in total. The lowest BCUT2D eigenvalue weighted by Crippen LogP contribution is -2.36. The fraction of sp³-hybridized carbons (Fsp3) is 0.667. The first-order valence-electron chi connectivity index (χ1n) is 5.10. The van der Waals surface area contributed by atoms with Crippen molar-refractivity contribution in [1.29, 1.82) is 0 Å². The van der Waals surface area contributed by atoms with Crippen molar-refractivity contribution in [1.82, 2.24) is 9.97 Å². The largest absolute Gasteiger partial charge is 0.382 e. The van der Waals surface area contributed by atoms with Gasteiger partial charge >= 0.3 is 0 Å². The van der Waals surface area contributed by atoms with Crippen molar-refractivity contribution in [2.75, 3.05) is 22.6 Å². The molecule has 0 bridgehead atoms. The first kappa shape index (κ1) is 11.3. The molecule has 1 aromatic rings. The number of nitrogens with zero attached hydrogens (tertiary/aromatic N) is 1. The minimum Gasteiger partial charge on any atom is -0.382 e. The molecule has 0 aromatic carbocycles. The van der Waals surface area contributed by atoms with Crippen molar-refractivity contribution in [2.24, 2.45) is 0 Å². The van der Waals surface area contributed by atoms with Gasteiger partial charge < -0.3 is 16.0 Å². The summed E-state index contributed by atoms with van der Waals surface area (Å²) in [5.74, 6) is 2.05. The van der Waals surface area contributed by atoms with Crippen molar-refractivity contribution in [3.63, 3.8) is 0 Å². The van der Waals surface area contributed by atoms with Crippen molar-refractivity contribution < 1.29 is 8.42 Å². The van der Waals surface area contributed by atoms with Crippen LogP contribution in [0.2, 0.25) is 0 Å². The standard InChI is InChI=1S/C9H16N4O2S/c1-6-11-7(10)8(12-6)13-9(2)3-4-16(14,15)5-9/h13H,3-5,10H2,1-2H3,(H,11,12). The second-order valence-corrected chi connectivity index (χ2v) is 6.80. The highest BCUT2D eigenvalue weighted by molar-refractivity contribution is 7.91. The number of aromatic nitrogens is 2. The van der Waals surface area contributed by atoms with Gasteiger partial charge in [-0.2, -0.15) is 0 Å². The van der Waals surface area contributed by atoms with Crippen molar-refractivity contribution in [3.8, 4) is 0 Å². The Morgan fingerprint density at radius 1 is 1.56 bits per heavy atom. The van der Waals surface area contributed by atoms with E-state index in [1.807, 2.05) is 6.92 Å². The van der Waals surface area contributed by atoms with E-state index in [4.69, 9.17) is 5.73 Å². The molecule has 1 aromatic heterocycles. The van der Waals surface area contributed by atoms with Crippen LogP contribution in [0, 0.1) is 6.92 Å². The van der Waals surface area contributed by atoms with Crippen LogP contribution in [0.25, 0.3) is 0 Å². The van der Waals surface area contributed by atoms with Gasteiger partial charge in [0, 0.05) is 0 Å². The molecule has 1 aliphatic heterocycles. The predicted molar refractivity (Wildman–Crippen MR) is 63.0 cm³/mol. The smallest absolute Gasteiger partial charge is 0.169 e. The maximum absolute atomic E-state index is 11.4. The number of aryl methyl sites for hydroxylation is 1. The molecule has 1 saturated heterocycles. The Bertz CT molecular complexity index is 508. The monoisotopic (exact) mass is 244 g/mol.